The minimum atomic E-state index is -0.568. The largest absolute Gasteiger partial charge is 0.496 e. The number of hydrogen-bond acceptors (Lipinski definition) is 4. The van der Waals surface area contributed by atoms with Gasteiger partial charge in [0.2, 0.25) is 0 Å². The molecule has 3 rings (SSSR count). The summed E-state index contributed by atoms with van der Waals surface area (Å²) in [5, 5.41) is 0. The average molecular weight is 327 g/mol. The molecule has 24 heavy (non-hydrogen) atoms. The van der Waals surface area contributed by atoms with Gasteiger partial charge in [0.25, 0.3) is 0 Å². The number of hydrogen-bond donors (Lipinski definition) is 0. The summed E-state index contributed by atoms with van der Waals surface area (Å²) >= 11 is 0. The van der Waals surface area contributed by atoms with Crippen LogP contribution in [0.2, 0.25) is 0 Å². The van der Waals surface area contributed by atoms with E-state index in [2.05, 4.69) is 6.92 Å². The maximum atomic E-state index is 12.4. The Hall–Kier alpha value is -2.56. The Morgan fingerprint density at radius 2 is 2.08 bits per heavy atom. The van der Waals surface area contributed by atoms with Crippen molar-refractivity contribution in [1.29, 1.82) is 0 Å². The highest BCUT2D eigenvalue weighted by Crippen LogP contribution is 2.37. The predicted octanol–water partition coefficient (Wildman–Crippen LogP) is 3.13. The van der Waals surface area contributed by atoms with Crippen LogP contribution in [-0.2, 0) is 11.2 Å². The fraction of sp³-hybridized carbons (Fsp3) is 0.368. The van der Waals surface area contributed by atoms with Crippen LogP contribution in [-0.4, -0.2) is 24.3 Å². The molecular weight excluding hydrogens is 306 g/mol. The summed E-state index contributed by atoms with van der Waals surface area (Å²) in [6, 6.07) is 5.74. The number of pyridine rings is 1. The van der Waals surface area contributed by atoms with Crippen molar-refractivity contribution in [2.75, 3.05) is 13.7 Å². The first-order valence-electron chi connectivity index (χ1n) is 8.07. The van der Waals surface area contributed by atoms with Gasteiger partial charge in [0.05, 0.1) is 19.4 Å². The maximum Gasteiger partial charge on any atom is 0.343 e. The summed E-state index contributed by atoms with van der Waals surface area (Å²) in [5.41, 5.74) is 3.77. The summed E-state index contributed by atoms with van der Waals surface area (Å²) in [7, 11) is 1.66. The van der Waals surface area contributed by atoms with Crippen LogP contribution in [0.25, 0.3) is 11.3 Å². The minimum Gasteiger partial charge on any atom is -0.496 e. The summed E-state index contributed by atoms with van der Waals surface area (Å²) in [4.78, 5) is 24.4. The summed E-state index contributed by atoms with van der Waals surface area (Å²) in [5.74, 6) is 0.279. The minimum absolute atomic E-state index is 0.0844. The van der Waals surface area contributed by atoms with Crippen molar-refractivity contribution in [3.63, 3.8) is 0 Å². The molecule has 0 fully saturated rings. The number of rotatable bonds is 3. The zero-order valence-electron chi connectivity index (χ0n) is 14.4. The Balaban J connectivity index is 2.19. The Morgan fingerprint density at radius 1 is 1.33 bits per heavy atom. The van der Waals surface area contributed by atoms with Gasteiger partial charge in [-0.3, -0.25) is 4.79 Å². The first kappa shape index (κ1) is 16.3. The molecule has 1 aliphatic rings. The lowest BCUT2D eigenvalue weighted by Crippen LogP contribution is -2.25. The second kappa shape index (κ2) is 6.15. The molecule has 2 heterocycles. The summed E-state index contributed by atoms with van der Waals surface area (Å²) in [6.07, 6.45) is 2.44. The number of benzene rings is 1. The maximum absolute atomic E-state index is 12.4. The predicted molar refractivity (Wildman–Crippen MR) is 91.8 cm³/mol. The van der Waals surface area contributed by atoms with E-state index in [-0.39, 0.29) is 23.6 Å². The number of aryl methyl sites for hydroxylation is 1. The smallest absolute Gasteiger partial charge is 0.343 e. The molecule has 126 valence electrons. The number of carbonyl (C=O) groups excluding carboxylic acids is 1. The van der Waals surface area contributed by atoms with Gasteiger partial charge in [-0.25, -0.2) is 4.79 Å². The van der Waals surface area contributed by atoms with E-state index in [0.717, 1.165) is 34.6 Å². The molecule has 0 spiro atoms. The van der Waals surface area contributed by atoms with Crippen molar-refractivity contribution < 1.29 is 14.3 Å². The van der Waals surface area contributed by atoms with Crippen LogP contribution in [0.3, 0.4) is 0 Å². The lowest BCUT2D eigenvalue weighted by molar-refractivity contribution is 0.0523. The van der Waals surface area contributed by atoms with Gasteiger partial charge < -0.3 is 14.0 Å². The zero-order valence-corrected chi connectivity index (χ0v) is 14.4. The van der Waals surface area contributed by atoms with E-state index in [9.17, 15) is 9.59 Å². The number of esters is 1. The van der Waals surface area contributed by atoms with Crippen molar-refractivity contribution in [2.24, 2.45) is 0 Å². The second-order valence-corrected chi connectivity index (χ2v) is 6.10. The molecule has 0 radical (unpaired) electrons. The lowest BCUT2D eigenvalue weighted by atomic mass is 9.91. The Morgan fingerprint density at radius 3 is 2.75 bits per heavy atom. The van der Waals surface area contributed by atoms with Gasteiger partial charge in [0.15, 0.2) is 5.43 Å². The molecule has 1 aromatic carbocycles. The third-order valence-corrected chi connectivity index (χ3v) is 4.46. The van der Waals surface area contributed by atoms with E-state index < -0.39 is 5.97 Å². The number of aromatic nitrogens is 1. The van der Waals surface area contributed by atoms with Gasteiger partial charge in [-0.1, -0.05) is 0 Å². The van der Waals surface area contributed by atoms with Gasteiger partial charge in [0.1, 0.15) is 11.3 Å². The molecular formula is C19H21NO4. The average Bonchev–Trinajstić information content (AvgIpc) is 2.55. The van der Waals surface area contributed by atoms with E-state index in [0.29, 0.717) is 0 Å². The Kier molecular flexibility index (Phi) is 4.18. The third-order valence-electron chi connectivity index (χ3n) is 4.46. The van der Waals surface area contributed by atoms with Crippen LogP contribution < -0.4 is 10.2 Å². The van der Waals surface area contributed by atoms with Crippen LogP contribution in [0.5, 0.6) is 5.75 Å². The molecule has 2 aromatic rings. The van der Waals surface area contributed by atoms with E-state index in [1.165, 1.54) is 6.07 Å². The summed E-state index contributed by atoms with van der Waals surface area (Å²) < 4.78 is 12.4. The van der Waals surface area contributed by atoms with Gasteiger partial charge >= 0.3 is 5.97 Å². The molecule has 1 aliphatic heterocycles. The van der Waals surface area contributed by atoms with Crippen LogP contribution in [0.4, 0.5) is 0 Å². The monoisotopic (exact) mass is 327 g/mol. The second-order valence-electron chi connectivity index (χ2n) is 6.10. The fourth-order valence-electron chi connectivity index (χ4n) is 3.27. The molecule has 1 unspecified atom stereocenters. The van der Waals surface area contributed by atoms with E-state index in [1.54, 1.807) is 20.2 Å². The highest BCUT2D eigenvalue weighted by Gasteiger charge is 2.25. The number of methoxy groups -OCH3 is 1. The number of nitrogens with zero attached hydrogens (tertiary/aromatic N) is 1. The van der Waals surface area contributed by atoms with Crippen molar-refractivity contribution in [2.45, 2.75) is 33.2 Å². The molecule has 0 saturated heterocycles. The highest BCUT2D eigenvalue weighted by atomic mass is 16.5. The van der Waals surface area contributed by atoms with Crippen LogP contribution in [0, 0.1) is 6.92 Å². The van der Waals surface area contributed by atoms with Crippen molar-refractivity contribution in [3.05, 3.63) is 51.3 Å². The van der Waals surface area contributed by atoms with Crippen LogP contribution in [0.15, 0.2) is 29.2 Å². The van der Waals surface area contributed by atoms with E-state index >= 15 is 0 Å². The number of fused-ring (bicyclic) bond motifs is 3. The molecule has 0 saturated carbocycles. The molecule has 0 bridgehead atoms. The van der Waals surface area contributed by atoms with E-state index in [4.69, 9.17) is 9.47 Å². The zero-order chi connectivity index (χ0) is 17.4. The molecule has 1 atom stereocenters. The quantitative estimate of drug-likeness (QED) is 0.813. The van der Waals surface area contributed by atoms with Crippen molar-refractivity contribution in [3.8, 4) is 17.0 Å². The molecule has 0 N–H and O–H groups in total. The standard InChI is InChI=1S/C19H21NO4/c1-5-24-19(22)15-10-20-12(3)7-13-8-18(23-4)11(2)6-14(13)16(20)9-17(15)21/h6,8-10,12H,5,7H2,1-4H3. The van der Waals surface area contributed by atoms with Crippen molar-refractivity contribution in [1.82, 2.24) is 4.57 Å². The van der Waals surface area contributed by atoms with Gasteiger partial charge in [-0.05, 0) is 50.5 Å². The van der Waals surface area contributed by atoms with E-state index in [1.807, 2.05) is 23.6 Å². The molecule has 1 aromatic heterocycles. The Labute approximate surface area is 140 Å². The normalized spacial score (nSPS) is 15.4. The molecule has 0 aliphatic carbocycles. The first-order valence-corrected chi connectivity index (χ1v) is 8.07. The SMILES string of the molecule is CCOC(=O)c1cn2c(cc1=O)-c1cc(C)c(OC)cc1CC2C. The van der Waals surface area contributed by atoms with Gasteiger partial charge in [-0.2, -0.15) is 0 Å². The highest BCUT2D eigenvalue weighted by molar-refractivity contribution is 5.89. The third kappa shape index (κ3) is 2.60. The molecule has 5 heteroatoms. The lowest BCUT2D eigenvalue weighted by Gasteiger charge is -2.29. The molecule has 5 nitrogen and oxygen atoms in total. The van der Waals surface area contributed by atoms with Gasteiger partial charge in [0, 0.05) is 23.9 Å². The topological polar surface area (TPSA) is 57.5 Å². The van der Waals surface area contributed by atoms with Crippen molar-refractivity contribution >= 4 is 5.97 Å². The number of ether oxygens (including phenoxy) is 2. The number of carbonyl (C=O) groups is 1. The van der Waals surface area contributed by atoms with Crippen LogP contribution in [0.1, 0.15) is 41.4 Å². The van der Waals surface area contributed by atoms with Crippen LogP contribution >= 0.6 is 0 Å². The summed E-state index contributed by atoms with van der Waals surface area (Å²) in [6.45, 7) is 6.02. The van der Waals surface area contributed by atoms with Gasteiger partial charge in [-0.15, -0.1) is 0 Å². The Bertz CT molecular complexity index is 866. The first-order chi connectivity index (χ1) is 11.5. The molecule has 0 amide bonds. The fourth-order valence-corrected chi connectivity index (χ4v) is 3.27.